The zero-order valence-corrected chi connectivity index (χ0v) is 11.7. The molecule has 0 aliphatic heterocycles. The smallest absolute Gasteiger partial charge is 0.269 e. The van der Waals surface area contributed by atoms with Gasteiger partial charge in [0.1, 0.15) is 0 Å². The second-order valence-corrected chi connectivity index (χ2v) is 4.62. The van der Waals surface area contributed by atoms with Crippen LogP contribution in [0, 0.1) is 17.0 Å². The van der Waals surface area contributed by atoms with E-state index in [1.807, 2.05) is 23.7 Å². The number of hydrogen-bond acceptors (Lipinski definition) is 4. The van der Waals surface area contributed by atoms with Crippen LogP contribution in [0.15, 0.2) is 30.3 Å². The van der Waals surface area contributed by atoms with E-state index in [1.165, 1.54) is 6.07 Å². The number of hydrogen-bond donors (Lipinski definition) is 1. The summed E-state index contributed by atoms with van der Waals surface area (Å²) >= 11 is 0. The van der Waals surface area contributed by atoms with Crippen LogP contribution in [-0.2, 0) is 19.6 Å². The zero-order valence-electron chi connectivity index (χ0n) is 11.7. The molecule has 1 heterocycles. The van der Waals surface area contributed by atoms with Crippen LogP contribution in [0.1, 0.15) is 23.9 Å². The van der Waals surface area contributed by atoms with Gasteiger partial charge in [0.05, 0.1) is 16.3 Å². The third-order valence-corrected chi connectivity index (χ3v) is 3.04. The summed E-state index contributed by atoms with van der Waals surface area (Å²) in [5, 5.41) is 18.4. The largest absolute Gasteiger partial charge is 0.307 e. The highest BCUT2D eigenvalue weighted by molar-refractivity contribution is 5.34. The van der Waals surface area contributed by atoms with Crippen LogP contribution in [0.4, 0.5) is 5.69 Å². The number of nitro benzene ring substituents is 1. The van der Waals surface area contributed by atoms with Gasteiger partial charge in [-0.2, -0.15) is 5.10 Å². The Labute approximate surface area is 117 Å². The van der Waals surface area contributed by atoms with Crippen molar-refractivity contribution in [1.82, 2.24) is 15.1 Å². The van der Waals surface area contributed by atoms with E-state index in [2.05, 4.69) is 17.3 Å². The van der Waals surface area contributed by atoms with Crippen molar-refractivity contribution in [1.29, 1.82) is 0 Å². The molecule has 0 saturated carbocycles. The first-order valence-electron chi connectivity index (χ1n) is 6.57. The minimum Gasteiger partial charge on any atom is -0.307 e. The van der Waals surface area contributed by atoms with Crippen LogP contribution >= 0.6 is 0 Å². The number of nitrogens with one attached hydrogen (secondary N) is 1. The van der Waals surface area contributed by atoms with Crippen molar-refractivity contribution in [3.63, 3.8) is 0 Å². The fraction of sp³-hybridized carbons (Fsp3) is 0.357. The molecule has 1 aromatic carbocycles. The summed E-state index contributed by atoms with van der Waals surface area (Å²) < 4.78 is 1.95. The Bertz CT molecular complexity index is 607. The summed E-state index contributed by atoms with van der Waals surface area (Å²) in [4.78, 5) is 10.3. The van der Waals surface area contributed by atoms with E-state index in [0.29, 0.717) is 13.1 Å². The van der Waals surface area contributed by atoms with Crippen molar-refractivity contribution in [3.05, 3.63) is 57.4 Å². The zero-order chi connectivity index (χ0) is 14.5. The highest BCUT2D eigenvalue weighted by atomic mass is 16.6. The lowest BCUT2D eigenvalue weighted by Crippen LogP contribution is -2.16. The Hall–Kier alpha value is -2.21. The van der Waals surface area contributed by atoms with Gasteiger partial charge in [-0.15, -0.1) is 0 Å². The van der Waals surface area contributed by atoms with Gasteiger partial charge in [-0.3, -0.25) is 14.8 Å². The van der Waals surface area contributed by atoms with E-state index in [4.69, 9.17) is 0 Å². The fourth-order valence-corrected chi connectivity index (χ4v) is 2.13. The molecule has 0 radical (unpaired) electrons. The van der Waals surface area contributed by atoms with Crippen LogP contribution in [-0.4, -0.2) is 14.7 Å². The van der Waals surface area contributed by atoms with Crippen molar-refractivity contribution >= 4 is 5.69 Å². The minimum atomic E-state index is -0.376. The van der Waals surface area contributed by atoms with E-state index in [9.17, 15) is 10.1 Å². The molecule has 0 bridgehead atoms. The van der Waals surface area contributed by atoms with Crippen molar-refractivity contribution in [3.8, 4) is 0 Å². The average Bonchev–Trinajstić information content (AvgIpc) is 2.79. The monoisotopic (exact) mass is 274 g/mol. The topological polar surface area (TPSA) is 73.0 Å². The van der Waals surface area contributed by atoms with Crippen molar-refractivity contribution in [2.45, 2.75) is 33.5 Å². The molecule has 106 valence electrons. The van der Waals surface area contributed by atoms with Crippen LogP contribution < -0.4 is 5.32 Å². The number of nitro groups is 1. The number of aryl methyl sites for hydroxylation is 2. The molecular formula is C14H18N4O2. The molecule has 0 fully saturated rings. The lowest BCUT2D eigenvalue weighted by Gasteiger charge is -2.06. The summed E-state index contributed by atoms with van der Waals surface area (Å²) in [5.41, 5.74) is 3.15. The molecule has 0 atom stereocenters. The molecule has 2 aromatic rings. The molecule has 1 N–H and O–H groups in total. The van der Waals surface area contributed by atoms with Gasteiger partial charge in [-0.25, -0.2) is 0 Å². The van der Waals surface area contributed by atoms with Crippen LogP contribution in [0.5, 0.6) is 0 Å². The van der Waals surface area contributed by atoms with Gasteiger partial charge in [0.25, 0.3) is 5.69 Å². The van der Waals surface area contributed by atoms with Crippen molar-refractivity contribution in [2.75, 3.05) is 0 Å². The SMILES string of the molecule is CCn1nc(C)cc1CNCc1cccc([N+](=O)[O-])c1. The van der Waals surface area contributed by atoms with Gasteiger partial charge in [0, 0.05) is 31.8 Å². The predicted octanol–water partition coefficient (Wildman–Crippen LogP) is 2.41. The maximum absolute atomic E-state index is 10.7. The van der Waals surface area contributed by atoms with Crippen molar-refractivity contribution < 1.29 is 4.92 Å². The van der Waals surface area contributed by atoms with Gasteiger partial charge in [-0.05, 0) is 25.5 Å². The average molecular weight is 274 g/mol. The summed E-state index contributed by atoms with van der Waals surface area (Å²) in [6, 6.07) is 8.72. The van der Waals surface area contributed by atoms with Gasteiger partial charge in [0.2, 0.25) is 0 Å². The third-order valence-electron chi connectivity index (χ3n) is 3.04. The summed E-state index contributed by atoms with van der Waals surface area (Å²) in [6.45, 7) is 6.14. The molecule has 0 aliphatic carbocycles. The number of aromatic nitrogens is 2. The normalized spacial score (nSPS) is 10.7. The Balaban J connectivity index is 1.95. The standard InChI is InChI=1S/C14H18N4O2/c1-3-17-14(7-11(2)16-17)10-15-9-12-5-4-6-13(8-12)18(19)20/h4-8,15H,3,9-10H2,1-2H3. The maximum Gasteiger partial charge on any atom is 0.269 e. The molecule has 6 nitrogen and oxygen atoms in total. The second-order valence-electron chi connectivity index (χ2n) is 4.62. The molecule has 6 heteroatoms. The summed E-state index contributed by atoms with van der Waals surface area (Å²) in [5.74, 6) is 0. The molecule has 0 spiro atoms. The highest BCUT2D eigenvalue weighted by Crippen LogP contribution is 2.13. The van der Waals surface area contributed by atoms with Crippen molar-refractivity contribution in [2.24, 2.45) is 0 Å². The second kappa shape index (κ2) is 6.29. The lowest BCUT2D eigenvalue weighted by atomic mass is 10.2. The van der Waals surface area contributed by atoms with Crippen LogP contribution in [0.2, 0.25) is 0 Å². The summed E-state index contributed by atoms with van der Waals surface area (Å²) in [6.07, 6.45) is 0. The Morgan fingerprint density at radius 1 is 1.35 bits per heavy atom. The molecule has 0 aliphatic rings. The fourth-order valence-electron chi connectivity index (χ4n) is 2.13. The third kappa shape index (κ3) is 3.42. The van der Waals surface area contributed by atoms with E-state index in [1.54, 1.807) is 12.1 Å². The number of rotatable bonds is 6. The number of nitrogens with zero attached hydrogens (tertiary/aromatic N) is 3. The van der Waals surface area contributed by atoms with E-state index >= 15 is 0 Å². The molecule has 2 rings (SSSR count). The highest BCUT2D eigenvalue weighted by Gasteiger charge is 2.06. The van der Waals surface area contributed by atoms with E-state index in [0.717, 1.165) is 23.5 Å². The minimum absolute atomic E-state index is 0.124. The molecular weight excluding hydrogens is 256 g/mol. The summed E-state index contributed by atoms with van der Waals surface area (Å²) in [7, 11) is 0. The molecule has 0 unspecified atom stereocenters. The maximum atomic E-state index is 10.7. The molecule has 20 heavy (non-hydrogen) atoms. The first-order valence-corrected chi connectivity index (χ1v) is 6.57. The lowest BCUT2D eigenvalue weighted by molar-refractivity contribution is -0.384. The Kier molecular flexibility index (Phi) is 4.47. The van der Waals surface area contributed by atoms with Crippen LogP contribution in [0.25, 0.3) is 0 Å². The first kappa shape index (κ1) is 14.2. The van der Waals surface area contributed by atoms with Gasteiger partial charge < -0.3 is 5.32 Å². The quantitative estimate of drug-likeness (QED) is 0.648. The van der Waals surface area contributed by atoms with Gasteiger partial charge in [-0.1, -0.05) is 12.1 Å². The van der Waals surface area contributed by atoms with Gasteiger partial charge in [0.15, 0.2) is 0 Å². The first-order chi connectivity index (χ1) is 9.60. The number of non-ortho nitro benzene ring substituents is 1. The van der Waals surface area contributed by atoms with E-state index in [-0.39, 0.29) is 10.6 Å². The van der Waals surface area contributed by atoms with E-state index < -0.39 is 0 Å². The van der Waals surface area contributed by atoms with Crippen LogP contribution in [0.3, 0.4) is 0 Å². The number of benzene rings is 1. The van der Waals surface area contributed by atoms with Gasteiger partial charge >= 0.3 is 0 Å². The molecule has 0 saturated heterocycles. The predicted molar refractivity (Wildman–Crippen MR) is 76.3 cm³/mol. The Morgan fingerprint density at radius 2 is 2.15 bits per heavy atom. The molecule has 0 amide bonds. The Morgan fingerprint density at radius 3 is 2.85 bits per heavy atom. The molecule has 1 aromatic heterocycles.